The molecule has 2 aliphatic rings. The SMILES string of the molecule is O=C1CC2(CCC2)Oc2c(Cl)cc(Cl)cc21. The maximum atomic E-state index is 12.0. The van der Waals surface area contributed by atoms with Crippen LogP contribution >= 0.6 is 23.2 Å². The van der Waals surface area contributed by atoms with Crippen LogP contribution in [-0.2, 0) is 0 Å². The molecule has 0 amide bonds. The highest BCUT2D eigenvalue weighted by Gasteiger charge is 2.45. The van der Waals surface area contributed by atoms with Crippen molar-refractivity contribution in [1.29, 1.82) is 0 Å². The molecule has 0 saturated heterocycles. The molecule has 0 bridgehead atoms. The summed E-state index contributed by atoms with van der Waals surface area (Å²) in [5.74, 6) is 0.604. The minimum absolute atomic E-state index is 0.0883. The van der Waals surface area contributed by atoms with Gasteiger partial charge in [-0.3, -0.25) is 4.79 Å². The van der Waals surface area contributed by atoms with Crippen LogP contribution in [0.5, 0.6) is 5.75 Å². The fourth-order valence-electron chi connectivity index (χ4n) is 2.36. The van der Waals surface area contributed by atoms with Crippen molar-refractivity contribution in [2.24, 2.45) is 0 Å². The van der Waals surface area contributed by atoms with Crippen molar-refractivity contribution in [3.8, 4) is 5.75 Å². The highest BCUT2D eigenvalue weighted by Crippen LogP contribution is 2.47. The van der Waals surface area contributed by atoms with Crippen molar-refractivity contribution in [2.75, 3.05) is 0 Å². The van der Waals surface area contributed by atoms with Crippen molar-refractivity contribution in [3.05, 3.63) is 27.7 Å². The number of ether oxygens (including phenoxy) is 1. The van der Waals surface area contributed by atoms with Gasteiger partial charge in [-0.1, -0.05) is 23.2 Å². The number of hydrogen-bond donors (Lipinski definition) is 0. The molecule has 0 unspecified atom stereocenters. The lowest BCUT2D eigenvalue weighted by molar-refractivity contribution is -0.0176. The lowest BCUT2D eigenvalue weighted by Crippen LogP contribution is -2.47. The van der Waals surface area contributed by atoms with E-state index in [1.807, 2.05) is 0 Å². The third kappa shape index (κ3) is 1.44. The molecule has 84 valence electrons. The van der Waals surface area contributed by atoms with E-state index in [0.29, 0.717) is 27.8 Å². The highest BCUT2D eigenvalue weighted by molar-refractivity contribution is 6.36. The Hall–Kier alpha value is -0.730. The Morgan fingerprint density at radius 2 is 2.00 bits per heavy atom. The molecule has 16 heavy (non-hydrogen) atoms. The van der Waals surface area contributed by atoms with Gasteiger partial charge < -0.3 is 4.74 Å². The van der Waals surface area contributed by atoms with Crippen LogP contribution in [0.3, 0.4) is 0 Å². The first-order chi connectivity index (χ1) is 7.60. The van der Waals surface area contributed by atoms with Gasteiger partial charge in [0.2, 0.25) is 0 Å². The van der Waals surface area contributed by atoms with E-state index < -0.39 is 0 Å². The van der Waals surface area contributed by atoms with Gasteiger partial charge >= 0.3 is 0 Å². The summed E-state index contributed by atoms with van der Waals surface area (Å²) in [7, 11) is 0. The van der Waals surface area contributed by atoms with E-state index in [0.717, 1.165) is 19.3 Å². The molecule has 0 N–H and O–H groups in total. The van der Waals surface area contributed by atoms with E-state index in [4.69, 9.17) is 27.9 Å². The first-order valence-corrected chi connectivity index (χ1v) is 6.07. The molecule has 1 saturated carbocycles. The van der Waals surface area contributed by atoms with Crippen LogP contribution in [0, 0.1) is 0 Å². The van der Waals surface area contributed by atoms with Crippen LogP contribution in [0.2, 0.25) is 10.0 Å². The van der Waals surface area contributed by atoms with Gasteiger partial charge in [0.25, 0.3) is 0 Å². The van der Waals surface area contributed by atoms with Crippen molar-refractivity contribution in [1.82, 2.24) is 0 Å². The molecular weight excluding hydrogens is 247 g/mol. The molecule has 1 heterocycles. The van der Waals surface area contributed by atoms with Crippen LogP contribution in [0.1, 0.15) is 36.0 Å². The fraction of sp³-hybridized carbons (Fsp3) is 0.417. The first kappa shape index (κ1) is 10.4. The number of benzene rings is 1. The van der Waals surface area contributed by atoms with Crippen molar-refractivity contribution in [2.45, 2.75) is 31.3 Å². The zero-order valence-corrected chi connectivity index (χ0v) is 10.1. The van der Waals surface area contributed by atoms with E-state index >= 15 is 0 Å². The fourth-order valence-corrected chi connectivity index (χ4v) is 2.89. The van der Waals surface area contributed by atoms with Crippen LogP contribution in [0.25, 0.3) is 0 Å². The summed E-state index contributed by atoms with van der Waals surface area (Å²) in [6, 6.07) is 3.25. The predicted molar refractivity (Wildman–Crippen MR) is 62.6 cm³/mol. The number of ketones is 1. The summed E-state index contributed by atoms with van der Waals surface area (Å²) in [5, 5.41) is 0.909. The molecule has 1 aliphatic carbocycles. The second-order valence-corrected chi connectivity index (χ2v) is 5.35. The second kappa shape index (κ2) is 3.38. The smallest absolute Gasteiger partial charge is 0.170 e. The zero-order valence-electron chi connectivity index (χ0n) is 8.56. The topological polar surface area (TPSA) is 26.3 Å². The van der Waals surface area contributed by atoms with E-state index in [1.165, 1.54) is 0 Å². The number of Topliss-reactive ketones (excluding diaryl/α,β-unsaturated/α-hetero) is 1. The van der Waals surface area contributed by atoms with E-state index in [1.54, 1.807) is 12.1 Å². The van der Waals surface area contributed by atoms with E-state index in [2.05, 4.69) is 0 Å². The molecule has 0 atom stereocenters. The molecule has 1 spiro atoms. The average Bonchev–Trinajstić information content (AvgIpc) is 2.17. The lowest BCUT2D eigenvalue weighted by atomic mass is 9.74. The number of halogens is 2. The molecule has 1 aliphatic heterocycles. The lowest BCUT2D eigenvalue weighted by Gasteiger charge is -2.44. The molecule has 0 aromatic heterocycles. The normalized spacial score (nSPS) is 21.2. The summed E-state index contributed by atoms with van der Waals surface area (Å²) >= 11 is 11.9. The van der Waals surface area contributed by atoms with Crippen LogP contribution in [0.4, 0.5) is 0 Å². The van der Waals surface area contributed by atoms with Gasteiger partial charge in [-0.2, -0.15) is 0 Å². The van der Waals surface area contributed by atoms with Gasteiger partial charge in [0.1, 0.15) is 11.4 Å². The Bertz CT molecular complexity index is 478. The van der Waals surface area contributed by atoms with Gasteiger partial charge in [-0.15, -0.1) is 0 Å². The van der Waals surface area contributed by atoms with Gasteiger partial charge in [0, 0.05) is 5.02 Å². The van der Waals surface area contributed by atoms with Crippen molar-refractivity contribution in [3.63, 3.8) is 0 Å². The van der Waals surface area contributed by atoms with Crippen LogP contribution < -0.4 is 4.74 Å². The zero-order chi connectivity index (χ0) is 11.3. The second-order valence-electron chi connectivity index (χ2n) is 4.50. The number of carbonyl (C=O) groups excluding carboxylic acids is 1. The minimum Gasteiger partial charge on any atom is -0.484 e. The van der Waals surface area contributed by atoms with Crippen molar-refractivity contribution >= 4 is 29.0 Å². The van der Waals surface area contributed by atoms with Crippen LogP contribution in [-0.4, -0.2) is 11.4 Å². The average molecular weight is 257 g/mol. The Labute approximate surface area is 103 Å². The molecule has 1 fully saturated rings. The Balaban J connectivity index is 2.11. The van der Waals surface area contributed by atoms with Crippen LogP contribution in [0.15, 0.2) is 12.1 Å². The predicted octanol–water partition coefficient (Wildman–Crippen LogP) is 3.88. The highest BCUT2D eigenvalue weighted by atomic mass is 35.5. The van der Waals surface area contributed by atoms with Crippen molar-refractivity contribution < 1.29 is 9.53 Å². The largest absolute Gasteiger partial charge is 0.484 e. The molecule has 1 aromatic rings. The molecular formula is C12H10Cl2O2. The number of hydrogen-bond acceptors (Lipinski definition) is 2. The summed E-state index contributed by atoms with van der Waals surface area (Å²) in [5.41, 5.74) is 0.247. The maximum absolute atomic E-state index is 12.0. The Morgan fingerprint density at radius 3 is 2.62 bits per heavy atom. The standard InChI is InChI=1S/C12H10Cl2O2/c13-7-4-8-10(15)6-12(2-1-3-12)16-11(8)9(14)5-7/h4-5H,1-3,6H2. The third-order valence-electron chi connectivity index (χ3n) is 3.37. The quantitative estimate of drug-likeness (QED) is 0.704. The number of rotatable bonds is 0. The summed E-state index contributed by atoms with van der Waals surface area (Å²) in [4.78, 5) is 12.0. The van der Waals surface area contributed by atoms with Gasteiger partial charge in [-0.25, -0.2) is 0 Å². The van der Waals surface area contributed by atoms with Gasteiger partial charge in [0.05, 0.1) is 17.0 Å². The summed E-state index contributed by atoms with van der Waals surface area (Å²) in [6.45, 7) is 0. The molecule has 2 nitrogen and oxygen atoms in total. The summed E-state index contributed by atoms with van der Waals surface area (Å²) < 4.78 is 5.90. The third-order valence-corrected chi connectivity index (χ3v) is 3.87. The number of carbonyl (C=O) groups is 1. The Morgan fingerprint density at radius 1 is 1.25 bits per heavy atom. The molecule has 1 aromatic carbocycles. The molecule has 3 rings (SSSR count). The Kier molecular flexibility index (Phi) is 2.20. The van der Waals surface area contributed by atoms with Gasteiger partial charge in [0.15, 0.2) is 5.78 Å². The van der Waals surface area contributed by atoms with E-state index in [-0.39, 0.29) is 11.4 Å². The molecule has 4 heteroatoms. The molecule has 0 radical (unpaired) electrons. The van der Waals surface area contributed by atoms with E-state index in [9.17, 15) is 4.79 Å². The minimum atomic E-state index is -0.276. The monoisotopic (exact) mass is 256 g/mol. The first-order valence-electron chi connectivity index (χ1n) is 5.31. The maximum Gasteiger partial charge on any atom is 0.170 e. The van der Waals surface area contributed by atoms with Gasteiger partial charge in [-0.05, 0) is 31.4 Å². The number of fused-ring (bicyclic) bond motifs is 1. The summed E-state index contributed by atoms with van der Waals surface area (Å²) in [6.07, 6.45) is 3.46.